The molecule has 0 saturated carbocycles. The van der Waals surface area contributed by atoms with Gasteiger partial charge in [-0.2, -0.15) is 0 Å². The van der Waals surface area contributed by atoms with Crippen LogP contribution in [0.5, 0.6) is 0 Å². The standard InChI is InChI=1S/C25H25NO/c1-26(21-22-13-5-2-6-14-22)20-12-11-19-25(27,23-15-7-3-8-16-23)24-17-9-4-10-18-24/h2-10,13-18,27H,19-21H2,1H3/p+1. The molecule has 0 bridgehead atoms. The lowest BCUT2D eigenvalue weighted by Gasteiger charge is -2.27. The Kier molecular flexibility index (Phi) is 6.44. The van der Waals surface area contributed by atoms with Crippen LogP contribution in [-0.2, 0) is 12.1 Å². The zero-order valence-corrected chi connectivity index (χ0v) is 15.7. The van der Waals surface area contributed by atoms with Crippen LogP contribution in [0.2, 0.25) is 0 Å². The van der Waals surface area contributed by atoms with E-state index >= 15 is 0 Å². The van der Waals surface area contributed by atoms with Gasteiger partial charge in [0.15, 0.2) is 0 Å². The van der Waals surface area contributed by atoms with Crippen molar-refractivity contribution in [1.29, 1.82) is 0 Å². The number of aliphatic hydroxyl groups is 1. The highest BCUT2D eigenvalue weighted by Gasteiger charge is 2.30. The fourth-order valence-electron chi connectivity index (χ4n) is 3.21. The first kappa shape index (κ1) is 18.9. The van der Waals surface area contributed by atoms with Crippen molar-refractivity contribution in [1.82, 2.24) is 0 Å². The molecule has 0 aromatic heterocycles. The van der Waals surface area contributed by atoms with Gasteiger partial charge in [0, 0.05) is 12.0 Å². The van der Waals surface area contributed by atoms with Gasteiger partial charge in [-0.15, -0.1) is 0 Å². The number of benzene rings is 3. The third-order valence-electron chi connectivity index (χ3n) is 4.71. The Bertz CT molecular complexity index is 840. The molecular weight excluding hydrogens is 330 g/mol. The smallest absolute Gasteiger partial charge is 0.139 e. The van der Waals surface area contributed by atoms with E-state index in [0.29, 0.717) is 6.42 Å². The summed E-state index contributed by atoms with van der Waals surface area (Å²) in [7, 11) is 2.14. The largest absolute Gasteiger partial charge is 0.379 e. The van der Waals surface area contributed by atoms with Crippen LogP contribution in [0.4, 0.5) is 0 Å². The molecule has 0 aliphatic carbocycles. The molecule has 3 aromatic carbocycles. The highest BCUT2D eigenvalue weighted by atomic mass is 16.3. The van der Waals surface area contributed by atoms with Crippen LogP contribution < -0.4 is 4.90 Å². The summed E-state index contributed by atoms with van der Waals surface area (Å²) in [5.41, 5.74) is 1.95. The summed E-state index contributed by atoms with van der Waals surface area (Å²) in [6.45, 7) is 1.69. The van der Waals surface area contributed by atoms with E-state index in [2.05, 4.69) is 43.2 Å². The zero-order valence-electron chi connectivity index (χ0n) is 15.7. The molecular formula is C25H26NO+. The summed E-state index contributed by atoms with van der Waals surface area (Å²) < 4.78 is 0. The normalized spacial score (nSPS) is 12.1. The number of quaternary nitrogens is 1. The number of nitrogens with one attached hydrogen (secondary N) is 1. The van der Waals surface area contributed by atoms with E-state index in [4.69, 9.17) is 0 Å². The third kappa shape index (κ3) is 5.08. The predicted molar refractivity (Wildman–Crippen MR) is 110 cm³/mol. The van der Waals surface area contributed by atoms with Crippen LogP contribution in [-0.4, -0.2) is 18.7 Å². The maximum atomic E-state index is 11.4. The first-order valence-corrected chi connectivity index (χ1v) is 9.33. The van der Waals surface area contributed by atoms with Crippen LogP contribution in [0.25, 0.3) is 0 Å². The van der Waals surface area contributed by atoms with E-state index in [1.807, 2.05) is 66.7 Å². The SMILES string of the molecule is C[NH+](CC#CCC(O)(c1ccccc1)c1ccccc1)Cc1ccccc1. The van der Waals surface area contributed by atoms with Crippen molar-refractivity contribution in [2.45, 2.75) is 18.6 Å². The van der Waals surface area contributed by atoms with Crippen LogP contribution in [0.3, 0.4) is 0 Å². The van der Waals surface area contributed by atoms with Crippen molar-refractivity contribution in [2.24, 2.45) is 0 Å². The van der Waals surface area contributed by atoms with Crippen LogP contribution in [0.15, 0.2) is 91.0 Å². The summed E-state index contributed by atoms with van der Waals surface area (Å²) in [5, 5.41) is 11.4. The summed E-state index contributed by atoms with van der Waals surface area (Å²) >= 11 is 0. The van der Waals surface area contributed by atoms with Crippen LogP contribution in [0, 0.1) is 11.8 Å². The molecule has 3 aromatic rings. The van der Waals surface area contributed by atoms with Gasteiger partial charge in [-0.3, -0.25) is 0 Å². The maximum absolute atomic E-state index is 11.4. The maximum Gasteiger partial charge on any atom is 0.139 e. The molecule has 0 aliphatic rings. The van der Waals surface area contributed by atoms with E-state index in [-0.39, 0.29) is 0 Å². The van der Waals surface area contributed by atoms with Gasteiger partial charge < -0.3 is 10.0 Å². The molecule has 2 heteroatoms. The van der Waals surface area contributed by atoms with E-state index in [1.165, 1.54) is 10.5 Å². The van der Waals surface area contributed by atoms with Gasteiger partial charge in [0.2, 0.25) is 0 Å². The Labute approximate surface area is 162 Å². The second-order valence-electron chi connectivity index (χ2n) is 6.92. The summed E-state index contributed by atoms with van der Waals surface area (Å²) in [6.07, 6.45) is 0.375. The highest BCUT2D eigenvalue weighted by molar-refractivity contribution is 5.37. The molecule has 0 spiro atoms. The Morgan fingerprint density at radius 3 is 1.74 bits per heavy atom. The molecule has 2 nitrogen and oxygen atoms in total. The van der Waals surface area contributed by atoms with E-state index in [9.17, 15) is 5.11 Å². The third-order valence-corrected chi connectivity index (χ3v) is 4.71. The highest BCUT2D eigenvalue weighted by Crippen LogP contribution is 2.32. The van der Waals surface area contributed by atoms with E-state index in [0.717, 1.165) is 24.2 Å². The minimum absolute atomic E-state index is 0.375. The summed E-state index contributed by atoms with van der Waals surface area (Å²) in [5.74, 6) is 6.47. The van der Waals surface area contributed by atoms with Crippen molar-refractivity contribution >= 4 is 0 Å². The minimum Gasteiger partial charge on any atom is -0.379 e. The molecule has 3 rings (SSSR count). The molecule has 27 heavy (non-hydrogen) atoms. The zero-order chi connectivity index (χ0) is 19.0. The Morgan fingerprint density at radius 2 is 1.22 bits per heavy atom. The molecule has 0 heterocycles. The minimum atomic E-state index is -1.09. The van der Waals surface area contributed by atoms with Crippen LogP contribution in [0.1, 0.15) is 23.1 Å². The van der Waals surface area contributed by atoms with Crippen molar-refractivity contribution in [3.05, 3.63) is 108 Å². The second kappa shape index (κ2) is 9.19. The average molecular weight is 356 g/mol. The molecule has 0 fully saturated rings. The quantitative estimate of drug-likeness (QED) is 0.652. The average Bonchev–Trinajstić information content (AvgIpc) is 2.73. The fourth-order valence-corrected chi connectivity index (χ4v) is 3.21. The van der Waals surface area contributed by atoms with E-state index in [1.54, 1.807) is 0 Å². The molecule has 0 amide bonds. The molecule has 0 radical (unpaired) electrons. The summed E-state index contributed by atoms with van der Waals surface area (Å²) in [4.78, 5) is 1.33. The molecule has 1 unspecified atom stereocenters. The number of rotatable bonds is 6. The molecule has 0 aliphatic heterocycles. The number of hydrogen-bond donors (Lipinski definition) is 2. The van der Waals surface area contributed by atoms with Gasteiger partial charge >= 0.3 is 0 Å². The van der Waals surface area contributed by atoms with Gasteiger partial charge in [-0.1, -0.05) is 96.9 Å². The van der Waals surface area contributed by atoms with Crippen molar-refractivity contribution in [2.75, 3.05) is 13.6 Å². The summed E-state index contributed by atoms with van der Waals surface area (Å²) in [6, 6.07) is 30.0. The molecule has 1 atom stereocenters. The predicted octanol–water partition coefficient (Wildman–Crippen LogP) is 3.03. The lowest BCUT2D eigenvalue weighted by atomic mass is 9.84. The fraction of sp³-hybridized carbons (Fsp3) is 0.200. The number of hydrogen-bond acceptors (Lipinski definition) is 1. The Morgan fingerprint density at radius 1 is 0.741 bits per heavy atom. The van der Waals surface area contributed by atoms with Crippen molar-refractivity contribution in [3.8, 4) is 11.8 Å². The molecule has 0 saturated heterocycles. The second-order valence-corrected chi connectivity index (χ2v) is 6.92. The first-order valence-electron chi connectivity index (χ1n) is 9.33. The molecule has 136 valence electrons. The van der Waals surface area contributed by atoms with Gasteiger partial charge in [0.1, 0.15) is 18.7 Å². The van der Waals surface area contributed by atoms with Gasteiger partial charge in [-0.25, -0.2) is 0 Å². The van der Waals surface area contributed by atoms with Crippen LogP contribution >= 0.6 is 0 Å². The Hall–Kier alpha value is -2.86. The van der Waals surface area contributed by atoms with Gasteiger partial charge in [0.25, 0.3) is 0 Å². The van der Waals surface area contributed by atoms with Crippen molar-refractivity contribution < 1.29 is 10.0 Å². The Balaban J connectivity index is 1.70. The van der Waals surface area contributed by atoms with Gasteiger partial charge in [-0.05, 0) is 17.0 Å². The topological polar surface area (TPSA) is 24.7 Å². The lowest BCUT2D eigenvalue weighted by molar-refractivity contribution is -0.886. The van der Waals surface area contributed by atoms with E-state index < -0.39 is 5.60 Å². The molecule has 2 N–H and O–H groups in total. The lowest BCUT2D eigenvalue weighted by Crippen LogP contribution is -3.07. The van der Waals surface area contributed by atoms with Gasteiger partial charge in [0.05, 0.1) is 7.05 Å². The first-order chi connectivity index (χ1) is 13.2. The monoisotopic (exact) mass is 356 g/mol. The van der Waals surface area contributed by atoms with Crippen molar-refractivity contribution in [3.63, 3.8) is 0 Å².